The van der Waals surface area contributed by atoms with Crippen LogP contribution in [0.4, 0.5) is 5.69 Å². The lowest BCUT2D eigenvalue weighted by molar-refractivity contribution is -0.862. The Morgan fingerprint density at radius 1 is 0.968 bits per heavy atom. The number of hydrazone groups is 1. The summed E-state index contributed by atoms with van der Waals surface area (Å²) in [5.41, 5.74) is 5.52. The highest BCUT2D eigenvalue weighted by Gasteiger charge is 2.23. The fourth-order valence-corrected chi connectivity index (χ4v) is 2.54. The zero-order valence-electron chi connectivity index (χ0n) is 20.1. The first kappa shape index (κ1) is 28.8. The van der Waals surface area contributed by atoms with Crippen LogP contribution < -0.4 is 10.7 Å². The van der Waals surface area contributed by atoms with Gasteiger partial charge >= 0.3 is 0 Å². The summed E-state index contributed by atoms with van der Waals surface area (Å²) in [4.78, 5) is 36.9. The molecule has 1 rings (SSSR count). The van der Waals surface area contributed by atoms with Crippen molar-refractivity contribution >= 4 is 41.4 Å². The van der Waals surface area contributed by atoms with E-state index in [1.54, 1.807) is 0 Å². The molecule has 174 valence electrons. The largest absolute Gasteiger partial charge is 0.326 e. The first-order chi connectivity index (χ1) is 13.7. The number of quaternary nitrogens is 1. The molecule has 0 heterocycles. The number of hydrogen-bond donors (Lipinski definition) is 2. The number of carbonyl (C=O) groups excluding carboxylic acids is 3. The minimum atomic E-state index is -0.519. The summed E-state index contributed by atoms with van der Waals surface area (Å²) < 4.78 is 0.468. The highest BCUT2D eigenvalue weighted by Crippen LogP contribution is 2.18. The predicted molar refractivity (Wildman–Crippen MR) is 129 cm³/mol. The number of benzene rings is 1. The van der Waals surface area contributed by atoms with Gasteiger partial charge in [-0.1, -0.05) is 26.8 Å². The summed E-state index contributed by atoms with van der Waals surface area (Å²) in [6.45, 7) is 9.80. The topological polar surface area (TPSA) is 87.6 Å². The lowest BCUT2D eigenvalue weighted by Gasteiger charge is -2.22. The number of likely N-dealkylation sites (N-methyl/N-ethyl adjacent to an activating group) is 1. The van der Waals surface area contributed by atoms with Gasteiger partial charge in [0.15, 0.2) is 6.54 Å². The van der Waals surface area contributed by atoms with E-state index in [0.717, 1.165) is 16.8 Å². The van der Waals surface area contributed by atoms with E-state index >= 15 is 0 Å². The Kier molecular flexibility index (Phi) is 11.1. The standard InChI is InChI=1S/C23H36N4O3.ClH/c1-16-9-10-18(13-17(16)2)24-21(29)12-11-19(14-20(28)23(3,4)5)25-26-22(30)15-27(6,7)8;/h9-10,13H,11-12,14-15H2,1-8H3,(H-,24,26,29,30);1H/p+1/b25-19-;. The third-order valence-electron chi connectivity index (χ3n) is 4.59. The number of nitrogens with one attached hydrogen (secondary N) is 2. The van der Waals surface area contributed by atoms with E-state index in [0.29, 0.717) is 16.6 Å². The lowest BCUT2D eigenvalue weighted by Crippen LogP contribution is -2.43. The van der Waals surface area contributed by atoms with E-state index in [4.69, 9.17) is 0 Å². The van der Waals surface area contributed by atoms with Crippen LogP contribution in [0.1, 0.15) is 51.2 Å². The molecule has 2 amide bonds. The smallest absolute Gasteiger partial charge is 0.295 e. The summed E-state index contributed by atoms with van der Waals surface area (Å²) >= 11 is 0. The molecule has 0 fully saturated rings. The van der Waals surface area contributed by atoms with E-state index < -0.39 is 5.41 Å². The van der Waals surface area contributed by atoms with Gasteiger partial charge in [0.05, 0.1) is 21.1 Å². The van der Waals surface area contributed by atoms with Gasteiger partial charge in [0.25, 0.3) is 5.91 Å². The number of amides is 2. The van der Waals surface area contributed by atoms with Crippen molar-refractivity contribution in [2.45, 2.75) is 53.9 Å². The fourth-order valence-electron chi connectivity index (χ4n) is 2.54. The number of Topliss-reactive ketones (excluding diaryl/α,β-unsaturated/α-hetero) is 1. The average Bonchev–Trinajstić information content (AvgIpc) is 2.58. The molecular weight excluding hydrogens is 416 g/mol. The molecule has 0 aliphatic rings. The Morgan fingerprint density at radius 3 is 2.10 bits per heavy atom. The molecule has 2 N–H and O–H groups in total. The molecule has 0 radical (unpaired) electrons. The lowest BCUT2D eigenvalue weighted by atomic mass is 9.87. The van der Waals surface area contributed by atoms with E-state index in [-0.39, 0.29) is 49.4 Å². The normalized spacial score (nSPS) is 12.1. The Labute approximate surface area is 192 Å². The molecule has 0 aliphatic carbocycles. The molecule has 8 heteroatoms. The first-order valence-corrected chi connectivity index (χ1v) is 10.2. The van der Waals surface area contributed by atoms with Gasteiger partial charge in [0, 0.05) is 29.7 Å². The Bertz CT molecular complexity index is 821. The highest BCUT2D eigenvalue weighted by molar-refractivity contribution is 6.05. The maximum Gasteiger partial charge on any atom is 0.295 e. The van der Waals surface area contributed by atoms with Crippen LogP contribution >= 0.6 is 12.4 Å². The molecule has 0 saturated heterocycles. The Morgan fingerprint density at radius 2 is 1.58 bits per heavy atom. The SMILES string of the molecule is Cc1ccc(NC(=O)CC/C(CC(=O)C(C)(C)C)=N/NC(=O)C[N+](C)(C)C)cc1C.Cl. The number of rotatable bonds is 9. The van der Waals surface area contributed by atoms with Crippen LogP contribution in [-0.2, 0) is 14.4 Å². The molecular formula is C23H38ClN4O3+. The molecule has 31 heavy (non-hydrogen) atoms. The van der Waals surface area contributed by atoms with Gasteiger partial charge in [-0.25, -0.2) is 5.43 Å². The molecule has 1 aromatic carbocycles. The Hall–Kier alpha value is -2.25. The summed E-state index contributed by atoms with van der Waals surface area (Å²) in [5, 5.41) is 7.05. The molecule has 0 unspecified atom stereocenters. The first-order valence-electron chi connectivity index (χ1n) is 10.2. The monoisotopic (exact) mass is 453 g/mol. The second-order valence-electron chi connectivity index (χ2n) is 9.86. The number of carbonyl (C=O) groups is 3. The zero-order valence-corrected chi connectivity index (χ0v) is 20.9. The van der Waals surface area contributed by atoms with Crippen molar-refractivity contribution in [2.75, 3.05) is 33.0 Å². The number of ketones is 1. The van der Waals surface area contributed by atoms with Crippen LogP contribution in [0, 0.1) is 19.3 Å². The number of anilines is 1. The van der Waals surface area contributed by atoms with Gasteiger partial charge in [-0.15, -0.1) is 12.4 Å². The van der Waals surface area contributed by atoms with Crippen LogP contribution in [0.25, 0.3) is 0 Å². The van der Waals surface area contributed by atoms with Gasteiger partial charge in [-0.2, -0.15) is 5.10 Å². The van der Waals surface area contributed by atoms with Gasteiger partial charge < -0.3 is 9.80 Å². The molecule has 0 aliphatic heterocycles. The van der Waals surface area contributed by atoms with E-state index in [9.17, 15) is 14.4 Å². The van der Waals surface area contributed by atoms with Crippen molar-refractivity contribution < 1.29 is 18.9 Å². The third-order valence-corrected chi connectivity index (χ3v) is 4.59. The summed E-state index contributed by atoms with van der Waals surface area (Å²) in [6.07, 6.45) is 0.572. The minimum Gasteiger partial charge on any atom is -0.326 e. The maximum atomic E-state index is 12.5. The van der Waals surface area contributed by atoms with Crippen LogP contribution in [0.15, 0.2) is 23.3 Å². The van der Waals surface area contributed by atoms with Gasteiger partial charge in [-0.05, 0) is 43.5 Å². The van der Waals surface area contributed by atoms with Crippen LogP contribution in [0.3, 0.4) is 0 Å². The van der Waals surface area contributed by atoms with Gasteiger partial charge in [0.1, 0.15) is 5.78 Å². The van der Waals surface area contributed by atoms with Crippen molar-refractivity contribution in [3.63, 3.8) is 0 Å². The van der Waals surface area contributed by atoms with Crippen molar-refractivity contribution in [1.29, 1.82) is 0 Å². The van der Waals surface area contributed by atoms with Crippen LogP contribution in [-0.4, -0.2) is 55.5 Å². The molecule has 0 atom stereocenters. The molecule has 0 aromatic heterocycles. The molecule has 1 aromatic rings. The fraction of sp³-hybridized carbons (Fsp3) is 0.565. The number of hydrogen-bond acceptors (Lipinski definition) is 4. The highest BCUT2D eigenvalue weighted by atomic mass is 35.5. The number of aryl methyl sites for hydroxylation is 2. The quantitative estimate of drug-likeness (QED) is 0.340. The maximum absolute atomic E-state index is 12.5. The molecule has 0 spiro atoms. The Balaban J connectivity index is 0.00000900. The van der Waals surface area contributed by atoms with E-state index in [1.165, 1.54) is 0 Å². The van der Waals surface area contributed by atoms with Crippen LogP contribution in [0.2, 0.25) is 0 Å². The van der Waals surface area contributed by atoms with E-state index in [1.807, 2.05) is 74.0 Å². The van der Waals surface area contributed by atoms with Crippen molar-refractivity contribution in [2.24, 2.45) is 10.5 Å². The second kappa shape index (κ2) is 12.0. The second-order valence-corrected chi connectivity index (χ2v) is 9.86. The number of nitrogens with zero attached hydrogens (tertiary/aromatic N) is 2. The average molecular weight is 454 g/mol. The van der Waals surface area contributed by atoms with Crippen LogP contribution in [0.5, 0.6) is 0 Å². The van der Waals surface area contributed by atoms with Crippen molar-refractivity contribution in [3.8, 4) is 0 Å². The minimum absolute atomic E-state index is 0. The predicted octanol–water partition coefficient (Wildman–Crippen LogP) is 3.63. The van der Waals surface area contributed by atoms with Crippen molar-refractivity contribution in [3.05, 3.63) is 29.3 Å². The summed E-state index contributed by atoms with van der Waals surface area (Å²) in [5.74, 6) is -0.383. The van der Waals surface area contributed by atoms with Gasteiger partial charge in [-0.3, -0.25) is 14.4 Å². The van der Waals surface area contributed by atoms with Gasteiger partial charge in [0.2, 0.25) is 5.91 Å². The summed E-state index contributed by atoms with van der Waals surface area (Å²) in [6, 6.07) is 5.75. The zero-order chi connectivity index (χ0) is 23.1. The van der Waals surface area contributed by atoms with E-state index in [2.05, 4.69) is 15.8 Å². The molecule has 7 nitrogen and oxygen atoms in total. The third kappa shape index (κ3) is 11.6. The van der Waals surface area contributed by atoms with Crippen molar-refractivity contribution in [1.82, 2.24) is 5.43 Å². The molecule has 0 saturated carbocycles. The summed E-state index contributed by atoms with van der Waals surface area (Å²) in [7, 11) is 5.72. The molecule has 0 bridgehead atoms. The number of halogens is 1.